The molecule has 1 saturated heterocycles. The van der Waals surface area contributed by atoms with Crippen molar-refractivity contribution in [2.75, 3.05) is 5.75 Å². The molecule has 0 spiro atoms. The molecule has 88 valence electrons. The lowest BCUT2D eigenvalue weighted by atomic mass is 10.1. The monoisotopic (exact) mass is 241 g/mol. The molecule has 3 atom stereocenters. The van der Waals surface area contributed by atoms with E-state index in [-0.39, 0.29) is 17.2 Å². The Kier molecular flexibility index (Phi) is 3.53. The van der Waals surface area contributed by atoms with Crippen LogP contribution in [0.3, 0.4) is 0 Å². The second kappa shape index (κ2) is 4.91. The van der Waals surface area contributed by atoms with Gasteiger partial charge < -0.3 is 10.4 Å². The molecule has 16 heavy (non-hydrogen) atoms. The summed E-state index contributed by atoms with van der Waals surface area (Å²) >= 11 is 1.69. The van der Waals surface area contributed by atoms with Gasteiger partial charge in [-0.1, -0.05) is 12.2 Å². The molecule has 0 aromatic heterocycles. The number of thioether (sulfide) groups is 1. The molecule has 2 rings (SSSR count). The number of carbonyl (C=O) groups is 2. The number of hydrogen-bond donors (Lipinski definition) is 2. The third kappa shape index (κ3) is 2.58. The highest BCUT2D eigenvalue weighted by atomic mass is 32.2. The van der Waals surface area contributed by atoms with Crippen LogP contribution in [0.5, 0.6) is 0 Å². The van der Waals surface area contributed by atoms with E-state index in [0.29, 0.717) is 6.42 Å². The Balaban J connectivity index is 1.81. The van der Waals surface area contributed by atoms with Crippen LogP contribution in [0.2, 0.25) is 0 Å². The Morgan fingerprint density at radius 2 is 2.19 bits per heavy atom. The fourth-order valence-corrected chi connectivity index (χ4v) is 3.22. The molecule has 5 heteroatoms. The van der Waals surface area contributed by atoms with Gasteiger partial charge in [0.1, 0.15) is 0 Å². The zero-order chi connectivity index (χ0) is 11.5. The summed E-state index contributed by atoms with van der Waals surface area (Å²) in [4.78, 5) is 22.5. The molecule has 1 heterocycles. The topological polar surface area (TPSA) is 66.4 Å². The minimum atomic E-state index is -0.816. The van der Waals surface area contributed by atoms with Crippen LogP contribution in [-0.4, -0.2) is 34.0 Å². The molecular weight excluding hydrogens is 226 g/mol. The summed E-state index contributed by atoms with van der Waals surface area (Å²) in [7, 11) is 0. The van der Waals surface area contributed by atoms with Gasteiger partial charge in [0.2, 0.25) is 5.91 Å². The first-order chi connectivity index (χ1) is 7.66. The van der Waals surface area contributed by atoms with Gasteiger partial charge in [-0.2, -0.15) is 0 Å². The van der Waals surface area contributed by atoms with Crippen LogP contribution in [-0.2, 0) is 9.59 Å². The van der Waals surface area contributed by atoms with Crippen LogP contribution in [0.15, 0.2) is 12.2 Å². The Labute approximate surface area is 98.5 Å². The average molecular weight is 241 g/mol. The SMILES string of the molecule is O=C(O)C1C=CC(NC(=O)C2CCCS2)C1. The van der Waals surface area contributed by atoms with Crippen molar-refractivity contribution in [3.63, 3.8) is 0 Å². The maximum absolute atomic E-state index is 11.8. The molecule has 0 bridgehead atoms. The molecule has 0 saturated carbocycles. The second-order valence-electron chi connectivity index (χ2n) is 4.18. The molecule has 1 amide bonds. The van der Waals surface area contributed by atoms with Crippen LogP contribution in [0.1, 0.15) is 19.3 Å². The lowest BCUT2D eigenvalue weighted by Crippen LogP contribution is -2.38. The standard InChI is InChI=1S/C11H15NO3S/c13-10(9-2-1-5-16-9)12-8-4-3-7(6-8)11(14)15/h3-4,7-9H,1-2,5-6H2,(H,12,13)(H,14,15). The van der Waals surface area contributed by atoms with Crippen LogP contribution in [0.4, 0.5) is 0 Å². The number of amides is 1. The molecule has 4 nitrogen and oxygen atoms in total. The third-order valence-electron chi connectivity index (χ3n) is 2.95. The van der Waals surface area contributed by atoms with Gasteiger partial charge in [0.25, 0.3) is 0 Å². The fourth-order valence-electron chi connectivity index (χ4n) is 2.05. The molecule has 0 aromatic rings. The van der Waals surface area contributed by atoms with E-state index in [2.05, 4.69) is 5.32 Å². The number of carboxylic acid groups (broad SMARTS) is 1. The van der Waals surface area contributed by atoms with Crippen molar-refractivity contribution < 1.29 is 14.7 Å². The largest absolute Gasteiger partial charge is 0.481 e. The highest BCUT2D eigenvalue weighted by Gasteiger charge is 2.29. The highest BCUT2D eigenvalue weighted by molar-refractivity contribution is 8.00. The van der Waals surface area contributed by atoms with E-state index in [1.54, 1.807) is 23.9 Å². The van der Waals surface area contributed by atoms with E-state index in [9.17, 15) is 9.59 Å². The predicted molar refractivity (Wildman–Crippen MR) is 62.3 cm³/mol. The maximum atomic E-state index is 11.8. The van der Waals surface area contributed by atoms with E-state index in [1.165, 1.54) is 0 Å². The van der Waals surface area contributed by atoms with Gasteiger partial charge in [-0.3, -0.25) is 9.59 Å². The molecule has 2 aliphatic rings. The number of aliphatic carboxylic acids is 1. The van der Waals surface area contributed by atoms with Crippen LogP contribution in [0.25, 0.3) is 0 Å². The molecule has 3 unspecified atom stereocenters. The van der Waals surface area contributed by atoms with Crippen molar-refractivity contribution in [3.05, 3.63) is 12.2 Å². The normalized spacial score (nSPS) is 32.9. The number of carboxylic acids is 1. The summed E-state index contributed by atoms with van der Waals surface area (Å²) in [5.74, 6) is -0.149. The molecule has 1 aliphatic heterocycles. The molecule has 2 N–H and O–H groups in total. The first kappa shape index (κ1) is 11.5. The lowest BCUT2D eigenvalue weighted by molar-refractivity contribution is -0.140. The molecule has 1 fully saturated rings. The zero-order valence-electron chi connectivity index (χ0n) is 8.89. The van der Waals surface area contributed by atoms with Gasteiger partial charge in [-0.15, -0.1) is 11.8 Å². The average Bonchev–Trinajstić information content (AvgIpc) is 2.87. The Morgan fingerprint density at radius 3 is 2.75 bits per heavy atom. The number of carbonyl (C=O) groups excluding carboxylic acids is 1. The summed E-state index contributed by atoms with van der Waals surface area (Å²) in [5, 5.41) is 11.8. The fraction of sp³-hybridized carbons (Fsp3) is 0.636. The quantitative estimate of drug-likeness (QED) is 0.724. The third-order valence-corrected chi connectivity index (χ3v) is 4.33. The predicted octanol–water partition coefficient (Wildman–Crippen LogP) is 1.03. The highest BCUT2D eigenvalue weighted by Crippen LogP contribution is 2.27. The van der Waals surface area contributed by atoms with Gasteiger partial charge in [0.05, 0.1) is 11.2 Å². The van der Waals surface area contributed by atoms with E-state index in [1.807, 2.05) is 0 Å². The molecule has 0 aromatic carbocycles. The summed E-state index contributed by atoms with van der Waals surface area (Å²) in [6.45, 7) is 0. The lowest BCUT2D eigenvalue weighted by Gasteiger charge is -2.15. The van der Waals surface area contributed by atoms with E-state index >= 15 is 0 Å². The van der Waals surface area contributed by atoms with Gasteiger partial charge in [0.15, 0.2) is 0 Å². The first-order valence-corrected chi connectivity index (χ1v) is 6.55. The molecule has 0 radical (unpaired) electrons. The van der Waals surface area contributed by atoms with Crippen molar-refractivity contribution in [3.8, 4) is 0 Å². The van der Waals surface area contributed by atoms with Crippen LogP contribution >= 0.6 is 11.8 Å². The maximum Gasteiger partial charge on any atom is 0.310 e. The Morgan fingerprint density at radius 1 is 1.38 bits per heavy atom. The van der Waals surface area contributed by atoms with Gasteiger partial charge in [-0.25, -0.2) is 0 Å². The van der Waals surface area contributed by atoms with Gasteiger partial charge in [0, 0.05) is 6.04 Å². The molecule has 1 aliphatic carbocycles. The number of nitrogens with one attached hydrogen (secondary N) is 1. The van der Waals surface area contributed by atoms with Gasteiger partial charge >= 0.3 is 5.97 Å². The number of rotatable bonds is 3. The number of hydrogen-bond acceptors (Lipinski definition) is 3. The van der Waals surface area contributed by atoms with Crippen molar-refractivity contribution in [1.29, 1.82) is 0 Å². The first-order valence-electron chi connectivity index (χ1n) is 5.50. The summed E-state index contributed by atoms with van der Waals surface area (Å²) in [6, 6.07) is -0.102. The van der Waals surface area contributed by atoms with E-state index in [4.69, 9.17) is 5.11 Å². The summed E-state index contributed by atoms with van der Waals surface area (Å²) in [5.41, 5.74) is 0. The van der Waals surface area contributed by atoms with Crippen LogP contribution in [0, 0.1) is 5.92 Å². The Bertz CT molecular complexity index is 323. The van der Waals surface area contributed by atoms with E-state index < -0.39 is 11.9 Å². The van der Waals surface area contributed by atoms with Crippen molar-refractivity contribution in [1.82, 2.24) is 5.32 Å². The smallest absolute Gasteiger partial charge is 0.310 e. The van der Waals surface area contributed by atoms with Crippen molar-refractivity contribution in [2.24, 2.45) is 5.92 Å². The Hall–Kier alpha value is -0.970. The summed E-state index contributed by atoms with van der Waals surface area (Å²) in [6.07, 6.45) is 5.97. The van der Waals surface area contributed by atoms with Crippen molar-refractivity contribution in [2.45, 2.75) is 30.6 Å². The minimum Gasteiger partial charge on any atom is -0.481 e. The van der Waals surface area contributed by atoms with Crippen LogP contribution < -0.4 is 5.32 Å². The van der Waals surface area contributed by atoms with E-state index in [0.717, 1.165) is 18.6 Å². The molecular formula is C11H15NO3S. The zero-order valence-corrected chi connectivity index (χ0v) is 9.70. The minimum absolute atomic E-state index is 0.0585. The second-order valence-corrected chi connectivity index (χ2v) is 5.49. The summed E-state index contributed by atoms with van der Waals surface area (Å²) < 4.78 is 0. The van der Waals surface area contributed by atoms with Crippen molar-refractivity contribution >= 4 is 23.6 Å². The van der Waals surface area contributed by atoms with Gasteiger partial charge in [-0.05, 0) is 25.0 Å².